The molecule has 0 spiro atoms. The first-order chi connectivity index (χ1) is 8.35. The van der Waals surface area contributed by atoms with Crippen LogP contribution in [-0.2, 0) is 0 Å². The molecule has 0 saturated heterocycles. The second kappa shape index (κ2) is 5.67. The number of aliphatic hydroxyl groups is 1. The van der Waals surface area contributed by atoms with Gasteiger partial charge >= 0.3 is 6.18 Å². The van der Waals surface area contributed by atoms with Crippen molar-refractivity contribution in [3.63, 3.8) is 0 Å². The minimum absolute atomic E-state index is 0.00684. The van der Waals surface area contributed by atoms with Gasteiger partial charge in [-0.05, 0) is 6.07 Å². The first kappa shape index (κ1) is 14.2. The van der Waals surface area contributed by atoms with E-state index in [0.29, 0.717) is 4.90 Å². The highest BCUT2D eigenvalue weighted by atomic mass is 19.4. The fourth-order valence-corrected chi connectivity index (χ4v) is 1.36. The Morgan fingerprint density at radius 3 is 2.67 bits per heavy atom. The number of aliphatic hydroxyl groups excluding tert-OH is 1. The molecule has 0 unspecified atom stereocenters. The predicted octanol–water partition coefficient (Wildman–Crippen LogP) is 0.661. The molecule has 0 aromatic carbocycles. The number of nitrogens with two attached hydrogens (primary N) is 1. The Morgan fingerprint density at radius 1 is 1.50 bits per heavy atom. The van der Waals surface area contributed by atoms with Crippen LogP contribution in [0, 0.1) is 0 Å². The highest BCUT2D eigenvalue weighted by molar-refractivity contribution is 5.98. The molecule has 1 aromatic rings. The van der Waals surface area contributed by atoms with Crippen LogP contribution in [0.1, 0.15) is 10.4 Å². The van der Waals surface area contributed by atoms with Crippen molar-refractivity contribution < 1.29 is 23.1 Å². The lowest BCUT2D eigenvalue weighted by atomic mass is 10.2. The minimum Gasteiger partial charge on any atom is -0.397 e. The zero-order valence-electron chi connectivity index (χ0n) is 9.31. The lowest BCUT2D eigenvalue weighted by molar-refractivity contribution is -0.141. The third-order valence-corrected chi connectivity index (χ3v) is 2.11. The van der Waals surface area contributed by atoms with E-state index >= 15 is 0 Å². The quantitative estimate of drug-likeness (QED) is 0.836. The number of anilines is 1. The molecule has 0 aliphatic heterocycles. The van der Waals surface area contributed by atoms with Crippen LogP contribution in [0.5, 0.6) is 0 Å². The van der Waals surface area contributed by atoms with Gasteiger partial charge in [-0.3, -0.25) is 9.78 Å². The standard InChI is InChI=1S/C10H12F3N3O2/c11-10(12,13)6-16(3-4-17)9(18)7-1-2-15-5-8(7)14/h1-2,5,17H,3-4,6,14H2. The third-order valence-electron chi connectivity index (χ3n) is 2.11. The molecule has 1 heterocycles. The van der Waals surface area contributed by atoms with Gasteiger partial charge < -0.3 is 15.7 Å². The summed E-state index contributed by atoms with van der Waals surface area (Å²) < 4.78 is 36.9. The first-order valence-electron chi connectivity index (χ1n) is 5.01. The molecule has 0 aliphatic rings. The highest BCUT2D eigenvalue weighted by Gasteiger charge is 2.33. The van der Waals surface area contributed by atoms with E-state index in [1.165, 1.54) is 18.5 Å². The smallest absolute Gasteiger partial charge is 0.397 e. The van der Waals surface area contributed by atoms with Crippen molar-refractivity contribution in [2.24, 2.45) is 0 Å². The number of halogens is 3. The van der Waals surface area contributed by atoms with Gasteiger partial charge in [0.2, 0.25) is 0 Å². The normalized spacial score (nSPS) is 11.3. The van der Waals surface area contributed by atoms with Gasteiger partial charge in [0.15, 0.2) is 0 Å². The summed E-state index contributed by atoms with van der Waals surface area (Å²) in [7, 11) is 0. The molecule has 3 N–H and O–H groups in total. The molecule has 0 atom stereocenters. The average molecular weight is 263 g/mol. The van der Waals surface area contributed by atoms with Crippen LogP contribution in [0.4, 0.5) is 18.9 Å². The molecule has 0 aliphatic carbocycles. The minimum atomic E-state index is -4.54. The van der Waals surface area contributed by atoms with E-state index in [1.54, 1.807) is 0 Å². The number of carbonyl (C=O) groups excluding carboxylic acids is 1. The van der Waals surface area contributed by atoms with Gasteiger partial charge in [0.25, 0.3) is 5.91 Å². The average Bonchev–Trinajstić information content (AvgIpc) is 2.26. The maximum absolute atomic E-state index is 12.3. The first-order valence-corrected chi connectivity index (χ1v) is 5.01. The number of nitrogen functional groups attached to an aromatic ring is 1. The third kappa shape index (κ3) is 3.88. The number of carbonyl (C=O) groups is 1. The fourth-order valence-electron chi connectivity index (χ4n) is 1.36. The largest absolute Gasteiger partial charge is 0.406 e. The molecule has 100 valence electrons. The number of alkyl halides is 3. The van der Waals surface area contributed by atoms with Crippen molar-refractivity contribution in [1.82, 2.24) is 9.88 Å². The van der Waals surface area contributed by atoms with Gasteiger partial charge in [0.1, 0.15) is 6.54 Å². The Balaban J connectivity index is 2.93. The van der Waals surface area contributed by atoms with Gasteiger partial charge in [-0.1, -0.05) is 0 Å². The summed E-state index contributed by atoms with van der Waals surface area (Å²) >= 11 is 0. The molecule has 1 amide bonds. The van der Waals surface area contributed by atoms with Crippen LogP contribution >= 0.6 is 0 Å². The molecule has 8 heteroatoms. The molecule has 0 fully saturated rings. The lowest BCUT2D eigenvalue weighted by Crippen LogP contribution is -2.40. The molecule has 0 saturated carbocycles. The van der Waals surface area contributed by atoms with E-state index in [0.717, 1.165) is 0 Å². The number of amides is 1. The Labute approximate surface area is 101 Å². The number of rotatable bonds is 4. The maximum atomic E-state index is 12.3. The Kier molecular flexibility index (Phi) is 4.49. The Bertz CT molecular complexity index is 423. The lowest BCUT2D eigenvalue weighted by Gasteiger charge is -2.23. The predicted molar refractivity (Wildman–Crippen MR) is 57.7 cm³/mol. The van der Waals surface area contributed by atoms with Crippen LogP contribution in [0.2, 0.25) is 0 Å². The van der Waals surface area contributed by atoms with E-state index in [1.807, 2.05) is 0 Å². The summed E-state index contributed by atoms with van der Waals surface area (Å²) in [5, 5.41) is 8.69. The monoisotopic (exact) mass is 263 g/mol. The SMILES string of the molecule is Nc1cnccc1C(=O)N(CCO)CC(F)(F)F. The number of aromatic nitrogens is 1. The highest BCUT2D eigenvalue weighted by Crippen LogP contribution is 2.19. The van der Waals surface area contributed by atoms with Gasteiger partial charge in [0.05, 0.1) is 24.1 Å². The van der Waals surface area contributed by atoms with Crippen molar-refractivity contribution in [3.8, 4) is 0 Å². The van der Waals surface area contributed by atoms with E-state index in [9.17, 15) is 18.0 Å². The second-order valence-corrected chi connectivity index (χ2v) is 3.53. The maximum Gasteiger partial charge on any atom is 0.406 e. The van der Waals surface area contributed by atoms with Gasteiger partial charge in [-0.15, -0.1) is 0 Å². The summed E-state index contributed by atoms with van der Waals surface area (Å²) in [6, 6.07) is 1.23. The zero-order chi connectivity index (χ0) is 13.8. The van der Waals surface area contributed by atoms with Crippen molar-refractivity contribution >= 4 is 11.6 Å². The molecule has 1 rings (SSSR count). The van der Waals surface area contributed by atoms with Crippen LogP contribution < -0.4 is 5.73 Å². The summed E-state index contributed by atoms with van der Waals surface area (Å²) in [5.74, 6) is -0.888. The number of hydrogen-bond acceptors (Lipinski definition) is 4. The summed E-state index contributed by atoms with van der Waals surface area (Å²) in [5.41, 5.74) is 5.39. The zero-order valence-corrected chi connectivity index (χ0v) is 9.31. The summed E-state index contributed by atoms with van der Waals surface area (Å²) in [6.07, 6.45) is -2.10. The number of hydrogen-bond donors (Lipinski definition) is 2. The van der Waals surface area contributed by atoms with Crippen LogP contribution in [0.15, 0.2) is 18.5 Å². The van der Waals surface area contributed by atoms with E-state index in [-0.39, 0.29) is 11.3 Å². The summed E-state index contributed by atoms with van der Waals surface area (Å²) in [6.45, 7) is -2.42. The molecule has 1 aromatic heterocycles. The molecular weight excluding hydrogens is 251 g/mol. The van der Waals surface area contributed by atoms with Gasteiger partial charge in [-0.25, -0.2) is 0 Å². The van der Waals surface area contributed by atoms with Gasteiger partial charge in [-0.2, -0.15) is 13.2 Å². The van der Waals surface area contributed by atoms with Crippen molar-refractivity contribution in [1.29, 1.82) is 0 Å². The van der Waals surface area contributed by atoms with Crippen molar-refractivity contribution in [2.75, 3.05) is 25.4 Å². The van der Waals surface area contributed by atoms with E-state index in [2.05, 4.69) is 4.98 Å². The molecular formula is C10H12F3N3O2. The fraction of sp³-hybridized carbons (Fsp3) is 0.400. The van der Waals surface area contributed by atoms with Crippen LogP contribution in [-0.4, -0.2) is 46.8 Å². The summed E-state index contributed by atoms with van der Waals surface area (Å²) in [4.78, 5) is 16.0. The molecule has 0 bridgehead atoms. The van der Waals surface area contributed by atoms with Crippen LogP contribution in [0.25, 0.3) is 0 Å². The van der Waals surface area contributed by atoms with E-state index < -0.39 is 31.8 Å². The Hall–Kier alpha value is -1.83. The van der Waals surface area contributed by atoms with Crippen molar-refractivity contribution in [2.45, 2.75) is 6.18 Å². The second-order valence-electron chi connectivity index (χ2n) is 3.53. The topological polar surface area (TPSA) is 79.5 Å². The van der Waals surface area contributed by atoms with Crippen molar-refractivity contribution in [3.05, 3.63) is 24.0 Å². The van der Waals surface area contributed by atoms with Crippen LogP contribution in [0.3, 0.4) is 0 Å². The molecule has 5 nitrogen and oxygen atoms in total. The number of nitrogens with zero attached hydrogens (tertiary/aromatic N) is 2. The van der Waals surface area contributed by atoms with Gasteiger partial charge in [0, 0.05) is 12.7 Å². The number of pyridine rings is 1. The molecule has 18 heavy (non-hydrogen) atoms. The van der Waals surface area contributed by atoms with E-state index in [4.69, 9.17) is 10.8 Å². The Morgan fingerprint density at radius 2 is 2.17 bits per heavy atom. The molecule has 0 radical (unpaired) electrons.